The van der Waals surface area contributed by atoms with Crippen molar-refractivity contribution in [1.82, 2.24) is 10.2 Å². The number of hydrogen-bond acceptors (Lipinski definition) is 3. The highest BCUT2D eigenvalue weighted by Crippen LogP contribution is 2.29. The highest BCUT2D eigenvalue weighted by Gasteiger charge is 2.32. The first-order chi connectivity index (χ1) is 11.1. The maximum Gasteiger partial charge on any atom is 0.239 e. The van der Waals surface area contributed by atoms with Crippen LogP contribution in [0.1, 0.15) is 31.2 Å². The Balaban J connectivity index is 1.44. The molecule has 23 heavy (non-hydrogen) atoms. The number of benzene rings is 1. The van der Waals surface area contributed by atoms with Gasteiger partial charge in [-0.1, -0.05) is 30.3 Å². The van der Waals surface area contributed by atoms with Crippen LogP contribution in [-0.4, -0.2) is 41.9 Å². The second-order valence-corrected chi connectivity index (χ2v) is 6.68. The monoisotopic (exact) mass is 315 g/mol. The lowest BCUT2D eigenvalue weighted by atomic mass is 10.0. The Morgan fingerprint density at radius 3 is 2.39 bits per heavy atom. The molecule has 1 aliphatic carbocycles. The van der Waals surface area contributed by atoms with E-state index in [0.717, 1.165) is 31.2 Å². The lowest BCUT2D eigenvalue weighted by molar-refractivity contribution is -0.133. The van der Waals surface area contributed by atoms with Crippen molar-refractivity contribution in [1.29, 1.82) is 0 Å². The van der Waals surface area contributed by atoms with Gasteiger partial charge in [0.2, 0.25) is 11.8 Å². The minimum absolute atomic E-state index is 0.0147. The van der Waals surface area contributed by atoms with Crippen molar-refractivity contribution in [2.75, 3.05) is 13.1 Å². The standard InChI is InChI=1S/C18H25N3O2/c19-16(12-13-4-2-1-3-5-13)18(23)21-10-8-15(9-11-21)20-17(22)14-6-7-14/h1-5,14-16H,6-12,19H2,(H,20,22). The van der Waals surface area contributed by atoms with Crippen molar-refractivity contribution in [2.45, 2.75) is 44.2 Å². The van der Waals surface area contributed by atoms with Gasteiger partial charge in [0.1, 0.15) is 0 Å². The predicted molar refractivity (Wildman–Crippen MR) is 88.6 cm³/mol. The summed E-state index contributed by atoms with van der Waals surface area (Å²) >= 11 is 0. The number of nitrogens with two attached hydrogens (primary N) is 1. The fraction of sp³-hybridized carbons (Fsp3) is 0.556. The van der Waals surface area contributed by atoms with Crippen LogP contribution >= 0.6 is 0 Å². The van der Waals surface area contributed by atoms with E-state index in [1.807, 2.05) is 35.2 Å². The van der Waals surface area contributed by atoms with Crippen LogP contribution < -0.4 is 11.1 Å². The number of nitrogens with zero attached hydrogens (tertiary/aromatic N) is 1. The number of nitrogens with one attached hydrogen (secondary N) is 1. The summed E-state index contributed by atoms with van der Waals surface area (Å²) in [5.41, 5.74) is 7.17. The van der Waals surface area contributed by atoms with Crippen molar-refractivity contribution < 1.29 is 9.59 Å². The molecule has 0 spiro atoms. The lowest BCUT2D eigenvalue weighted by Gasteiger charge is -2.34. The predicted octanol–water partition coefficient (Wildman–Crippen LogP) is 1.07. The van der Waals surface area contributed by atoms with E-state index in [-0.39, 0.29) is 23.8 Å². The van der Waals surface area contributed by atoms with Crippen molar-refractivity contribution in [3.05, 3.63) is 35.9 Å². The summed E-state index contributed by atoms with van der Waals surface area (Å²) < 4.78 is 0. The summed E-state index contributed by atoms with van der Waals surface area (Å²) in [7, 11) is 0. The third-order valence-corrected chi connectivity index (χ3v) is 4.72. The lowest BCUT2D eigenvalue weighted by Crippen LogP contribution is -2.51. The molecule has 1 saturated carbocycles. The number of likely N-dealkylation sites (tertiary alicyclic amines) is 1. The summed E-state index contributed by atoms with van der Waals surface area (Å²) in [4.78, 5) is 26.1. The van der Waals surface area contributed by atoms with Gasteiger partial charge in [-0.05, 0) is 37.7 Å². The number of amides is 2. The molecule has 3 rings (SSSR count). The van der Waals surface area contributed by atoms with E-state index in [4.69, 9.17) is 5.73 Å². The molecular formula is C18H25N3O2. The van der Waals surface area contributed by atoms with E-state index in [2.05, 4.69) is 5.32 Å². The van der Waals surface area contributed by atoms with Crippen LogP contribution in [0.5, 0.6) is 0 Å². The van der Waals surface area contributed by atoms with Gasteiger partial charge in [-0.25, -0.2) is 0 Å². The van der Waals surface area contributed by atoms with E-state index in [1.165, 1.54) is 0 Å². The second kappa shape index (κ2) is 7.13. The van der Waals surface area contributed by atoms with Crippen LogP contribution in [0.25, 0.3) is 0 Å². The molecular weight excluding hydrogens is 290 g/mol. The Labute approximate surface area is 137 Å². The molecule has 2 amide bonds. The molecule has 0 aromatic heterocycles. The molecule has 5 nitrogen and oxygen atoms in total. The zero-order valence-electron chi connectivity index (χ0n) is 13.4. The van der Waals surface area contributed by atoms with Gasteiger partial charge < -0.3 is 16.0 Å². The molecule has 0 bridgehead atoms. The highest BCUT2D eigenvalue weighted by atomic mass is 16.2. The van der Waals surface area contributed by atoms with Crippen LogP contribution in [0.4, 0.5) is 0 Å². The zero-order valence-corrected chi connectivity index (χ0v) is 13.4. The van der Waals surface area contributed by atoms with Crippen molar-refractivity contribution in [3.8, 4) is 0 Å². The van der Waals surface area contributed by atoms with Crippen molar-refractivity contribution in [2.24, 2.45) is 11.7 Å². The topological polar surface area (TPSA) is 75.4 Å². The molecule has 1 aromatic rings. The summed E-state index contributed by atoms with van der Waals surface area (Å²) in [5.74, 6) is 0.449. The van der Waals surface area contributed by atoms with Crippen LogP contribution in [0.3, 0.4) is 0 Å². The van der Waals surface area contributed by atoms with Gasteiger partial charge in [-0.15, -0.1) is 0 Å². The molecule has 1 unspecified atom stereocenters. The molecule has 1 aromatic carbocycles. The van der Waals surface area contributed by atoms with E-state index >= 15 is 0 Å². The van der Waals surface area contributed by atoms with E-state index < -0.39 is 6.04 Å². The molecule has 1 aliphatic heterocycles. The van der Waals surface area contributed by atoms with Crippen LogP contribution in [0.15, 0.2) is 30.3 Å². The zero-order chi connectivity index (χ0) is 16.2. The minimum atomic E-state index is -0.491. The van der Waals surface area contributed by atoms with E-state index in [0.29, 0.717) is 19.5 Å². The summed E-state index contributed by atoms with van der Waals surface area (Å²) in [6.45, 7) is 1.36. The molecule has 1 atom stereocenters. The van der Waals surface area contributed by atoms with E-state index in [1.54, 1.807) is 0 Å². The summed E-state index contributed by atoms with van der Waals surface area (Å²) in [6, 6.07) is 9.57. The Hall–Kier alpha value is -1.88. The van der Waals surface area contributed by atoms with Crippen LogP contribution in [0, 0.1) is 5.92 Å². The molecule has 2 fully saturated rings. The Bertz CT molecular complexity index is 549. The number of rotatable bonds is 5. The normalized spacial score (nSPS) is 20.1. The molecule has 5 heteroatoms. The smallest absolute Gasteiger partial charge is 0.239 e. The molecule has 124 valence electrons. The molecule has 2 aliphatic rings. The number of hydrogen-bond donors (Lipinski definition) is 2. The van der Waals surface area contributed by atoms with Crippen molar-refractivity contribution in [3.63, 3.8) is 0 Å². The maximum absolute atomic E-state index is 12.5. The number of carbonyl (C=O) groups excluding carboxylic acids is 2. The first-order valence-electron chi connectivity index (χ1n) is 8.52. The SMILES string of the molecule is NC(Cc1ccccc1)C(=O)N1CCC(NC(=O)C2CC2)CC1. The maximum atomic E-state index is 12.5. The average Bonchev–Trinajstić information content (AvgIpc) is 3.41. The van der Waals surface area contributed by atoms with Gasteiger partial charge in [0.25, 0.3) is 0 Å². The van der Waals surface area contributed by atoms with Gasteiger partial charge in [-0.2, -0.15) is 0 Å². The molecule has 3 N–H and O–H groups in total. The average molecular weight is 315 g/mol. The molecule has 1 heterocycles. The highest BCUT2D eigenvalue weighted by molar-refractivity contribution is 5.82. The Kier molecular flexibility index (Phi) is 4.96. The Morgan fingerprint density at radius 1 is 1.13 bits per heavy atom. The van der Waals surface area contributed by atoms with Crippen molar-refractivity contribution >= 4 is 11.8 Å². The first-order valence-corrected chi connectivity index (χ1v) is 8.52. The second-order valence-electron chi connectivity index (χ2n) is 6.68. The van der Waals surface area contributed by atoms with E-state index in [9.17, 15) is 9.59 Å². The largest absolute Gasteiger partial charge is 0.353 e. The summed E-state index contributed by atoms with van der Waals surface area (Å²) in [5, 5.41) is 3.10. The van der Waals surface area contributed by atoms with Gasteiger partial charge in [0.05, 0.1) is 6.04 Å². The number of carbonyl (C=O) groups is 2. The minimum Gasteiger partial charge on any atom is -0.353 e. The van der Waals surface area contributed by atoms with Gasteiger partial charge >= 0.3 is 0 Å². The third kappa shape index (κ3) is 4.32. The molecule has 1 saturated heterocycles. The first kappa shape index (κ1) is 16.0. The fourth-order valence-electron chi connectivity index (χ4n) is 3.10. The Morgan fingerprint density at radius 2 is 1.78 bits per heavy atom. The fourth-order valence-corrected chi connectivity index (χ4v) is 3.10. The third-order valence-electron chi connectivity index (χ3n) is 4.72. The molecule has 0 radical (unpaired) electrons. The van der Waals surface area contributed by atoms with Gasteiger partial charge in [0.15, 0.2) is 0 Å². The van der Waals surface area contributed by atoms with Crippen LogP contribution in [-0.2, 0) is 16.0 Å². The summed E-state index contributed by atoms with van der Waals surface area (Å²) in [6.07, 6.45) is 4.26. The quantitative estimate of drug-likeness (QED) is 0.853. The number of piperidine rings is 1. The van der Waals surface area contributed by atoms with Crippen LogP contribution in [0.2, 0.25) is 0 Å². The van der Waals surface area contributed by atoms with Gasteiger partial charge in [-0.3, -0.25) is 9.59 Å². The van der Waals surface area contributed by atoms with Gasteiger partial charge in [0, 0.05) is 25.0 Å².